The molecule has 4 aromatic carbocycles. The van der Waals surface area contributed by atoms with Gasteiger partial charge in [-0.2, -0.15) is 26.3 Å². The quantitative estimate of drug-likeness (QED) is 0.154. The maximum absolute atomic E-state index is 13.5. The highest BCUT2D eigenvalue weighted by molar-refractivity contribution is 6.30. The largest absolute Gasteiger partial charge is 0.493 e. The number of benzene rings is 4. The minimum Gasteiger partial charge on any atom is -0.493 e. The van der Waals surface area contributed by atoms with Gasteiger partial charge in [-0.3, -0.25) is 9.59 Å². The van der Waals surface area contributed by atoms with Gasteiger partial charge in [-0.15, -0.1) is 0 Å². The van der Waals surface area contributed by atoms with Crippen LogP contribution in [0.2, 0.25) is 10.0 Å². The zero-order valence-electron chi connectivity index (χ0n) is 34.8. The molecule has 4 aliphatic rings. The number of hydrogen-bond acceptors (Lipinski definition) is 5. The SMILES string of the molecule is FC(F)(F)c1ccc(OCC2CCCNC2)cc1.O=C(N1CCCC(COc2ccc(C(F)(F)F)cc2)C1)C1(c2ccc(Cl)cc2)CCC1.O=C(O)C1(c2ccc(Cl)cc2)CCC1. The molecule has 0 bridgehead atoms. The standard InChI is InChI=1S/C24H25ClF3NO2.C13H16F3NO.C11H11ClO2/c25-20-8-4-18(5-9-20)23(12-2-13-23)22(30)29-14-1-3-17(15-29)16-31-21-10-6-19(7-11-21)24(26,27)28;14-13(15,16)11-3-5-12(6-4-11)18-9-10-2-1-7-17-8-10;12-9-4-2-8(3-5-9)11(10(13)14)6-1-7-11/h4-11,17H,1-3,12-16H2;3-6,10,17H,1-2,7-9H2;2-5H,1,6-7H2,(H,13,14). The van der Waals surface area contributed by atoms with Gasteiger partial charge in [-0.25, -0.2) is 0 Å². The van der Waals surface area contributed by atoms with Crippen molar-refractivity contribution in [3.05, 3.63) is 129 Å². The van der Waals surface area contributed by atoms with Crippen LogP contribution in [0.15, 0.2) is 97.1 Å². The Kier molecular flexibility index (Phi) is 16.0. The molecule has 2 atom stereocenters. The highest BCUT2D eigenvalue weighted by Crippen LogP contribution is 2.46. The van der Waals surface area contributed by atoms with Gasteiger partial charge in [0.05, 0.1) is 35.2 Å². The molecule has 7 nitrogen and oxygen atoms in total. The molecule has 2 saturated heterocycles. The van der Waals surface area contributed by atoms with Crippen LogP contribution in [0.4, 0.5) is 26.3 Å². The Bertz CT molecular complexity index is 2080. The van der Waals surface area contributed by atoms with Gasteiger partial charge in [-0.1, -0.05) is 60.3 Å². The number of nitrogens with one attached hydrogen (secondary N) is 1. The fourth-order valence-electron chi connectivity index (χ4n) is 8.51. The molecule has 1 amide bonds. The first-order chi connectivity index (χ1) is 30.0. The lowest BCUT2D eigenvalue weighted by molar-refractivity contribution is -0.147. The van der Waals surface area contributed by atoms with Gasteiger partial charge >= 0.3 is 18.3 Å². The summed E-state index contributed by atoms with van der Waals surface area (Å²) in [5.74, 6) is 0.955. The van der Waals surface area contributed by atoms with E-state index in [0.717, 1.165) is 119 Å². The molecule has 2 aliphatic heterocycles. The van der Waals surface area contributed by atoms with Crippen molar-refractivity contribution in [2.45, 2.75) is 87.4 Å². The van der Waals surface area contributed by atoms with Crippen LogP contribution < -0.4 is 14.8 Å². The number of alkyl halides is 6. The molecule has 0 spiro atoms. The first-order valence-electron chi connectivity index (χ1n) is 21.3. The Morgan fingerprint density at radius 2 is 1.08 bits per heavy atom. The molecule has 0 radical (unpaired) electrons. The number of amides is 1. The minimum absolute atomic E-state index is 0.155. The van der Waals surface area contributed by atoms with Crippen LogP contribution in [0, 0.1) is 11.8 Å². The first-order valence-corrected chi connectivity index (χ1v) is 22.1. The Labute approximate surface area is 374 Å². The van der Waals surface area contributed by atoms with E-state index in [1.165, 1.54) is 24.3 Å². The van der Waals surface area contributed by atoms with Crippen molar-refractivity contribution in [3.63, 3.8) is 0 Å². The molecule has 63 heavy (non-hydrogen) atoms. The van der Waals surface area contributed by atoms with Gasteiger partial charge < -0.3 is 24.8 Å². The van der Waals surface area contributed by atoms with E-state index < -0.39 is 40.3 Å². The summed E-state index contributed by atoms with van der Waals surface area (Å²) in [7, 11) is 0. The van der Waals surface area contributed by atoms with E-state index in [-0.39, 0.29) is 11.8 Å². The van der Waals surface area contributed by atoms with Gasteiger partial charge in [-0.05, 0) is 142 Å². The molecule has 2 aliphatic carbocycles. The number of carbonyl (C=O) groups is 2. The highest BCUT2D eigenvalue weighted by Gasteiger charge is 2.48. The second-order valence-corrected chi connectivity index (χ2v) is 17.7. The topological polar surface area (TPSA) is 88.1 Å². The van der Waals surface area contributed by atoms with E-state index in [9.17, 15) is 41.0 Å². The minimum atomic E-state index is -4.36. The Hall–Kier alpha value is -4.46. The summed E-state index contributed by atoms with van der Waals surface area (Å²) < 4.78 is 86.4. The number of piperidine rings is 2. The fourth-order valence-corrected chi connectivity index (χ4v) is 8.77. The fraction of sp³-hybridized carbons (Fsp3) is 0.458. The van der Waals surface area contributed by atoms with E-state index in [0.29, 0.717) is 47.2 Å². The molecule has 2 N–H and O–H groups in total. The molecular weight excluding hydrogens is 869 g/mol. The molecule has 8 rings (SSSR count). The number of hydrogen-bond donors (Lipinski definition) is 2. The highest BCUT2D eigenvalue weighted by atomic mass is 35.5. The van der Waals surface area contributed by atoms with Crippen LogP contribution in [-0.4, -0.2) is 61.3 Å². The summed E-state index contributed by atoms with van der Waals surface area (Å²) in [6.07, 6.45) is 0.603. The van der Waals surface area contributed by atoms with Gasteiger partial charge in [0, 0.05) is 41.5 Å². The first kappa shape index (κ1) is 48.0. The second-order valence-electron chi connectivity index (χ2n) is 16.8. The van der Waals surface area contributed by atoms with Crippen LogP contribution in [0.25, 0.3) is 0 Å². The average Bonchev–Trinajstić information content (AvgIpc) is 3.23. The average molecular weight is 922 g/mol. The van der Waals surface area contributed by atoms with Crippen LogP contribution in [0.5, 0.6) is 11.5 Å². The van der Waals surface area contributed by atoms with Crippen LogP contribution in [0.3, 0.4) is 0 Å². The van der Waals surface area contributed by atoms with Crippen LogP contribution in [-0.2, 0) is 32.8 Å². The number of carboxylic acid groups (broad SMARTS) is 1. The van der Waals surface area contributed by atoms with E-state index in [4.69, 9.17) is 32.7 Å². The van der Waals surface area contributed by atoms with Crippen molar-refractivity contribution in [1.29, 1.82) is 0 Å². The molecule has 2 saturated carbocycles. The Morgan fingerprint density at radius 3 is 1.48 bits per heavy atom. The number of likely N-dealkylation sites (tertiary alicyclic amines) is 1. The number of halogens is 8. The third kappa shape index (κ3) is 12.4. The number of rotatable bonds is 10. The summed E-state index contributed by atoms with van der Waals surface area (Å²) in [4.78, 5) is 26.6. The zero-order chi connectivity index (χ0) is 45.3. The van der Waals surface area contributed by atoms with Crippen molar-refractivity contribution in [1.82, 2.24) is 10.2 Å². The van der Waals surface area contributed by atoms with Crippen molar-refractivity contribution in [3.8, 4) is 11.5 Å². The van der Waals surface area contributed by atoms with Gasteiger partial charge in [0.2, 0.25) is 5.91 Å². The van der Waals surface area contributed by atoms with E-state index in [2.05, 4.69) is 5.32 Å². The molecule has 2 unspecified atom stereocenters. The Balaban J connectivity index is 0.000000174. The van der Waals surface area contributed by atoms with E-state index in [1.807, 2.05) is 41.3 Å². The number of ether oxygens (including phenoxy) is 2. The molecular formula is C48H52Cl2F6N2O5. The van der Waals surface area contributed by atoms with Crippen LogP contribution in [0.1, 0.15) is 86.5 Å². The predicted molar refractivity (Wildman–Crippen MR) is 230 cm³/mol. The molecule has 15 heteroatoms. The Morgan fingerprint density at radius 1 is 0.635 bits per heavy atom. The van der Waals surface area contributed by atoms with Crippen LogP contribution >= 0.6 is 23.2 Å². The number of aliphatic carboxylic acids is 1. The molecule has 4 aromatic rings. The maximum atomic E-state index is 13.5. The summed E-state index contributed by atoms with van der Waals surface area (Å²) in [6, 6.07) is 24.3. The normalized spacial score (nSPS) is 20.3. The van der Waals surface area contributed by atoms with Crippen molar-refractivity contribution in [2.24, 2.45) is 11.8 Å². The lowest BCUT2D eigenvalue weighted by atomic mass is 9.63. The monoisotopic (exact) mass is 920 g/mol. The molecule has 0 aromatic heterocycles. The molecule has 4 fully saturated rings. The third-order valence-electron chi connectivity index (χ3n) is 12.6. The second kappa shape index (κ2) is 21.0. The summed E-state index contributed by atoms with van der Waals surface area (Å²) in [5.41, 5.74) is -0.529. The molecule has 2 heterocycles. The predicted octanol–water partition coefficient (Wildman–Crippen LogP) is 12.0. The summed E-state index contributed by atoms with van der Waals surface area (Å²) in [6.45, 7) is 4.22. The van der Waals surface area contributed by atoms with Gasteiger partial charge in [0.15, 0.2) is 0 Å². The van der Waals surface area contributed by atoms with Gasteiger partial charge in [0.25, 0.3) is 0 Å². The van der Waals surface area contributed by atoms with Crippen molar-refractivity contribution in [2.75, 3.05) is 39.4 Å². The van der Waals surface area contributed by atoms with E-state index >= 15 is 0 Å². The van der Waals surface area contributed by atoms with Gasteiger partial charge in [0.1, 0.15) is 11.5 Å². The number of nitrogens with zero attached hydrogens (tertiary/aromatic N) is 1. The lowest BCUT2D eigenvalue weighted by Crippen LogP contribution is -2.54. The number of carbonyl (C=O) groups excluding carboxylic acids is 1. The van der Waals surface area contributed by atoms with E-state index in [1.54, 1.807) is 12.1 Å². The smallest absolute Gasteiger partial charge is 0.416 e. The third-order valence-corrected chi connectivity index (χ3v) is 13.1. The number of carboxylic acids is 1. The van der Waals surface area contributed by atoms with Crippen molar-refractivity contribution < 1.29 is 50.5 Å². The molecule has 340 valence electrons. The lowest BCUT2D eigenvalue weighted by Gasteiger charge is -2.46. The summed E-state index contributed by atoms with van der Waals surface area (Å²) in [5, 5.41) is 13.7. The zero-order valence-corrected chi connectivity index (χ0v) is 36.3. The van der Waals surface area contributed by atoms with Crippen molar-refractivity contribution >= 4 is 35.1 Å². The maximum Gasteiger partial charge on any atom is 0.416 e. The summed E-state index contributed by atoms with van der Waals surface area (Å²) >= 11 is 11.8.